The van der Waals surface area contributed by atoms with E-state index in [9.17, 15) is 8.78 Å². The van der Waals surface area contributed by atoms with Gasteiger partial charge in [-0.25, -0.2) is 8.78 Å². The standard InChI is InChI=1S/C28H26F2N2O/c29-22-9-4-19(5-10-22)21-8-13-27-25(17-21)28(33-16-14-24-3-1-2-15-31-24)26(18-32-27)20-6-11-23(30)12-7-20/h4-13,17-18,24,31H,1-3,14-16H2/t24-/m1/s1. The molecule has 1 saturated heterocycles. The molecule has 0 unspecified atom stereocenters. The Balaban J connectivity index is 1.54. The van der Waals surface area contributed by atoms with Crippen molar-refractivity contribution in [1.29, 1.82) is 0 Å². The van der Waals surface area contributed by atoms with Gasteiger partial charge in [0.05, 0.1) is 12.1 Å². The summed E-state index contributed by atoms with van der Waals surface area (Å²) in [5, 5.41) is 4.45. The van der Waals surface area contributed by atoms with Crippen LogP contribution in [0.15, 0.2) is 72.9 Å². The number of nitrogens with zero attached hydrogens (tertiary/aromatic N) is 1. The van der Waals surface area contributed by atoms with Gasteiger partial charge in [0.2, 0.25) is 0 Å². The first-order valence-corrected chi connectivity index (χ1v) is 11.5. The number of piperidine rings is 1. The van der Waals surface area contributed by atoms with Crippen LogP contribution in [-0.2, 0) is 0 Å². The van der Waals surface area contributed by atoms with Crippen molar-refractivity contribution in [2.24, 2.45) is 0 Å². The van der Waals surface area contributed by atoms with Gasteiger partial charge in [-0.1, -0.05) is 36.8 Å². The van der Waals surface area contributed by atoms with E-state index in [1.165, 1.54) is 43.5 Å². The van der Waals surface area contributed by atoms with Gasteiger partial charge in [0.25, 0.3) is 0 Å². The Hall–Kier alpha value is -3.31. The molecule has 2 heterocycles. The summed E-state index contributed by atoms with van der Waals surface area (Å²) in [6, 6.07) is 19.3. The van der Waals surface area contributed by atoms with Crippen LogP contribution in [0.4, 0.5) is 8.78 Å². The minimum atomic E-state index is -0.281. The van der Waals surface area contributed by atoms with Crippen LogP contribution in [0.3, 0.4) is 0 Å². The second-order valence-corrected chi connectivity index (χ2v) is 8.53. The third-order valence-electron chi connectivity index (χ3n) is 6.28. The van der Waals surface area contributed by atoms with Crippen LogP contribution in [0.5, 0.6) is 5.75 Å². The molecule has 0 amide bonds. The van der Waals surface area contributed by atoms with Gasteiger partial charge in [0.15, 0.2) is 0 Å². The molecule has 0 spiro atoms. The quantitative estimate of drug-likeness (QED) is 0.357. The van der Waals surface area contributed by atoms with Gasteiger partial charge < -0.3 is 10.1 Å². The van der Waals surface area contributed by atoms with Crippen molar-refractivity contribution in [3.63, 3.8) is 0 Å². The van der Waals surface area contributed by atoms with E-state index in [0.29, 0.717) is 12.6 Å². The number of hydrogen-bond acceptors (Lipinski definition) is 3. The fraction of sp³-hybridized carbons (Fsp3) is 0.250. The molecule has 0 aliphatic carbocycles. The number of pyridine rings is 1. The zero-order valence-electron chi connectivity index (χ0n) is 18.4. The maximum Gasteiger partial charge on any atom is 0.138 e. The zero-order chi connectivity index (χ0) is 22.6. The number of benzene rings is 3. The predicted octanol–water partition coefficient (Wildman–Crippen LogP) is 6.76. The lowest BCUT2D eigenvalue weighted by atomic mass is 9.99. The van der Waals surface area contributed by atoms with Crippen LogP contribution >= 0.6 is 0 Å². The van der Waals surface area contributed by atoms with Crippen LogP contribution in [0.25, 0.3) is 33.2 Å². The largest absolute Gasteiger partial charge is 0.492 e. The molecule has 3 nitrogen and oxygen atoms in total. The molecule has 4 aromatic rings. The monoisotopic (exact) mass is 444 g/mol. The molecule has 0 saturated carbocycles. The Morgan fingerprint density at radius 3 is 2.24 bits per heavy atom. The maximum atomic E-state index is 13.6. The predicted molar refractivity (Wildman–Crippen MR) is 128 cm³/mol. The number of fused-ring (bicyclic) bond motifs is 1. The van der Waals surface area contributed by atoms with Crippen molar-refractivity contribution < 1.29 is 13.5 Å². The molecule has 1 fully saturated rings. The highest BCUT2D eigenvalue weighted by Crippen LogP contribution is 2.38. The van der Waals surface area contributed by atoms with Gasteiger partial charge in [0.1, 0.15) is 17.4 Å². The van der Waals surface area contributed by atoms with E-state index in [-0.39, 0.29) is 11.6 Å². The van der Waals surface area contributed by atoms with Gasteiger partial charge in [-0.2, -0.15) is 0 Å². The lowest BCUT2D eigenvalue weighted by Crippen LogP contribution is -2.35. The van der Waals surface area contributed by atoms with Gasteiger partial charge in [-0.05, 0) is 78.9 Å². The van der Waals surface area contributed by atoms with Gasteiger partial charge in [-0.3, -0.25) is 4.98 Å². The fourth-order valence-corrected chi connectivity index (χ4v) is 4.45. The number of nitrogens with one attached hydrogen (secondary N) is 1. The van der Waals surface area contributed by atoms with E-state index < -0.39 is 0 Å². The molecule has 3 aromatic carbocycles. The normalized spacial score (nSPS) is 16.1. The Kier molecular flexibility index (Phi) is 6.31. The summed E-state index contributed by atoms with van der Waals surface area (Å²) < 4.78 is 33.4. The molecule has 168 valence electrons. The smallest absolute Gasteiger partial charge is 0.138 e. The highest BCUT2D eigenvalue weighted by Gasteiger charge is 2.16. The molecule has 1 N–H and O–H groups in total. The summed E-state index contributed by atoms with van der Waals surface area (Å²) in [4.78, 5) is 4.64. The molecular formula is C28H26F2N2O. The maximum absolute atomic E-state index is 13.6. The number of hydrogen-bond donors (Lipinski definition) is 1. The molecule has 5 heteroatoms. The molecular weight excluding hydrogens is 418 g/mol. The van der Waals surface area contributed by atoms with E-state index in [1.807, 2.05) is 18.2 Å². The van der Waals surface area contributed by atoms with E-state index >= 15 is 0 Å². The molecule has 33 heavy (non-hydrogen) atoms. The van der Waals surface area contributed by atoms with E-state index in [4.69, 9.17) is 4.74 Å². The summed E-state index contributed by atoms with van der Waals surface area (Å²) in [6.07, 6.45) is 6.36. The Labute approximate surface area is 192 Å². The van der Waals surface area contributed by atoms with Gasteiger partial charge >= 0.3 is 0 Å². The number of ether oxygens (including phenoxy) is 1. The van der Waals surface area contributed by atoms with Crippen molar-refractivity contribution in [2.75, 3.05) is 13.2 Å². The Morgan fingerprint density at radius 1 is 0.848 bits per heavy atom. The van der Waals surface area contributed by atoms with Crippen LogP contribution in [0.2, 0.25) is 0 Å². The van der Waals surface area contributed by atoms with E-state index in [1.54, 1.807) is 30.5 Å². The van der Waals surface area contributed by atoms with E-state index in [0.717, 1.165) is 51.9 Å². The molecule has 1 aliphatic heterocycles. The molecule has 5 rings (SSSR count). The molecule has 0 bridgehead atoms. The van der Waals surface area contributed by atoms with Crippen LogP contribution < -0.4 is 10.1 Å². The summed E-state index contributed by atoms with van der Waals surface area (Å²) in [6.45, 7) is 1.64. The van der Waals surface area contributed by atoms with Gasteiger partial charge in [0, 0.05) is 23.2 Å². The number of aromatic nitrogens is 1. The Morgan fingerprint density at radius 2 is 1.55 bits per heavy atom. The number of halogens is 2. The minimum Gasteiger partial charge on any atom is -0.492 e. The van der Waals surface area contributed by atoms with Crippen molar-refractivity contribution in [3.05, 3.63) is 84.6 Å². The minimum absolute atomic E-state index is 0.264. The lowest BCUT2D eigenvalue weighted by molar-refractivity contribution is 0.271. The fourth-order valence-electron chi connectivity index (χ4n) is 4.45. The zero-order valence-corrected chi connectivity index (χ0v) is 18.4. The summed E-state index contributed by atoms with van der Waals surface area (Å²) in [5.74, 6) is 0.198. The summed E-state index contributed by atoms with van der Waals surface area (Å²) >= 11 is 0. The molecule has 1 aromatic heterocycles. The second-order valence-electron chi connectivity index (χ2n) is 8.53. The van der Waals surface area contributed by atoms with Crippen molar-refractivity contribution in [1.82, 2.24) is 10.3 Å². The van der Waals surface area contributed by atoms with Crippen molar-refractivity contribution in [3.8, 4) is 28.0 Å². The highest BCUT2D eigenvalue weighted by atomic mass is 19.1. The van der Waals surface area contributed by atoms with Gasteiger partial charge in [-0.15, -0.1) is 0 Å². The van der Waals surface area contributed by atoms with Crippen LogP contribution in [0, 0.1) is 11.6 Å². The SMILES string of the molecule is Fc1ccc(-c2ccc3ncc(-c4ccc(F)cc4)c(OCC[C@H]4CCCCN4)c3c2)cc1. The van der Waals surface area contributed by atoms with Crippen LogP contribution in [0.1, 0.15) is 25.7 Å². The third-order valence-corrected chi connectivity index (χ3v) is 6.28. The van der Waals surface area contributed by atoms with E-state index in [2.05, 4.69) is 10.3 Å². The van der Waals surface area contributed by atoms with Crippen LogP contribution in [-0.4, -0.2) is 24.2 Å². The second kappa shape index (κ2) is 9.67. The van der Waals surface area contributed by atoms with Crippen molar-refractivity contribution in [2.45, 2.75) is 31.7 Å². The average molecular weight is 445 g/mol. The first kappa shape index (κ1) is 21.5. The average Bonchev–Trinajstić information content (AvgIpc) is 2.85. The topological polar surface area (TPSA) is 34.1 Å². The summed E-state index contributed by atoms with van der Waals surface area (Å²) in [7, 11) is 0. The first-order valence-electron chi connectivity index (χ1n) is 11.5. The first-order chi connectivity index (χ1) is 16.2. The lowest BCUT2D eigenvalue weighted by Gasteiger charge is -2.24. The molecule has 1 aliphatic rings. The Bertz CT molecular complexity index is 1230. The number of rotatable bonds is 6. The third kappa shape index (κ3) is 4.88. The molecule has 1 atom stereocenters. The molecule has 0 radical (unpaired) electrons. The highest BCUT2D eigenvalue weighted by molar-refractivity contribution is 5.94. The summed E-state index contributed by atoms with van der Waals surface area (Å²) in [5.41, 5.74) is 4.37. The van der Waals surface area contributed by atoms with Crippen molar-refractivity contribution >= 4 is 10.9 Å².